The van der Waals surface area contributed by atoms with Gasteiger partial charge in [-0.05, 0) is 17.7 Å². The van der Waals surface area contributed by atoms with E-state index >= 15 is 0 Å². The van der Waals surface area contributed by atoms with E-state index in [1.54, 1.807) is 6.07 Å². The van der Waals surface area contributed by atoms with Crippen LogP contribution in [0.4, 0.5) is 0 Å². The average molecular weight is 299 g/mol. The van der Waals surface area contributed by atoms with Gasteiger partial charge in [0.2, 0.25) is 0 Å². The number of sulfone groups is 1. The van der Waals surface area contributed by atoms with Gasteiger partial charge in [-0.15, -0.1) is 0 Å². The molecule has 0 fully saturated rings. The highest BCUT2D eigenvalue weighted by molar-refractivity contribution is 7.90. The van der Waals surface area contributed by atoms with Gasteiger partial charge in [0.25, 0.3) is 0 Å². The van der Waals surface area contributed by atoms with E-state index in [-0.39, 0.29) is 10.8 Å². The molecule has 0 aliphatic carbocycles. The third-order valence-electron chi connectivity index (χ3n) is 2.05. The minimum atomic E-state index is -3.52. The van der Waals surface area contributed by atoms with Crippen LogP contribution in [0.3, 0.4) is 0 Å². The maximum atomic E-state index is 11.6. The zero-order chi connectivity index (χ0) is 13.1. The number of benzene rings is 1. The number of aliphatic hydroxyl groups is 2. The minimum Gasteiger partial charge on any atom is -0.394 e. The Hall–Kier alpha value is -0.330. The lowest BCUT2D eigenvalue weighted by Crippen LogP contribution is -2.25. The van der Waals surface area contributed by atoms with Gasteiger partial charge in [-0.1, -0.05) is 29.3 Å². The van der Waals surface area contributed by atoms with Gasteiger partial charge in [0.1, 0.15) is 0 Å². The van der Waals surface area contributed by atoms with Crippen molar-refractivity contribution in [3.63, 3.8) is 0 Å². The predicted octanol–water partition coefficient (Wildman–Crippen LogP) is 1.26. The molecule has 0 spiro atoms. The molecular formula is C10H12Cl2O4S. The quantitative estimate of drug-likeness (QED) is 0.858. The van der Waals surface area contributed by atoms with Gasteiger partial charge in [-0.25, -0.2) is 8.42 Å². The van der Waals surface area contributed by atoms with Gasteiger partial charge in [0.15, 0.2) is 9.84 Å². The molecular weight excluding hydrogens is 287 g/mol. The highest BCUT2D eigenvalue weighted by Crippen LogP contribution is 2.23. The molecule has 0 amide bonds. The third kappa shape index (κ3) is 4.81. The Labute approximate surface area is 110 Å². The second kappa shape index (κ2) is 6.02. The van der Waals surface area contributed by atoms with E-state index in [9.17, 15) is 8.42 Å². The van der Waals surface area contributed by atoms with Gasteiger partial charge < -0.3 is 10.2 Å². The lowest BCUT2D eigenvalue weighted by molar-refractivity contribution is 0.112. The number of halogens is 2. The fourth-order valence-corrected chi connectivity index (χ4v) is 3.37. The molecule has 0 bridgehead atoms. The van der Waals surface area contributed by atoms with Crippen molar-refractivity contribution in [3.05, 3.63) is 33.8 Å². The van der Waals surface area contributed by atoms with Crippen molar-refractivity contribution >= 4 is 33.0 Å². The summed E-state index contributed by atoms with van der Waals surface area (Å²) >= 11 is 11.5. The fourth-order valence-electron chi connectivity index (χ4n) is 1.28. The van der Waals surface area contributed by atoms with Crippen LogP contribution in [0, 0.1) is 0 Å². The molecule has 1 unspecified atom stereocenters. The highest BCUT2D eigenvalue weighted by Gasteiger charge is 2.18. The van der Waals surface area contributed by atoms with Crippen LogP contribution in [0.5, 0.6) is 0 Å². The Morgan fingerprint density at radius 1 is 1.29 bits per heavy atom. The molecule has 0 radical (unpaired) electrons. The van der Waals surface area contributed by atoms with Gasteiger partial charge >= 0.3 is 0 Å². The largest absolute Gasteiger partial charge is 0.394 e. The summed E-state index contributed by atoms with van der Waals surface area (Å²) in [5, 5.41) is 18.4. The fraction of sp³-hybridized carbons (Fsp3) is 0.400. The summed E-state index contributed by atoms with van der Waals surface area (Å²) in [5.74, 6) is -0.789. The zero-order valence-electron chi connectivity index (χ0n) is 8.81. The summed E-state index contributed by atoms with van der Waals surface area (Å²) in [6, 6.07) is 4.52. The molecule has 0 aromatic heterocycles. The number of hydrogen-bond acceptors (Lipinski definition) is 4. The van der Waals surface area contributed by atoms with Crippen LogP contribution in [-0.2, 0) is 15.6 Å². The van der Waals surface area contributed by atoms with Crippen LogP contribution in [0.2, 0.25) is 10.0 Å². The van der Waals surface area contributed by atoms with Crippen LogP contribution in [-0.4, -0.2) is 37.1 Å². The maximum absolute atomic E-state index is 11.6. The van der Waals surface area contributed by atoms with Crippen molar-refractivity contribution in [2.75, 3.05) is 12.4 Å². The first kappa shape index (κ1) is 14.7. The first-order chi connectivity index (χ1) is 7.84. The highest BCUT2D eigenvalue weighted by atomic mass is 35.5. The van der Waals surface area contributed by atoms with E-state index in [1.165, 1.54) is 12.1 Å². The van der Waals surface area contributed by atoms with Crippen LogP contribution in [0.15, 0.2) is 18.2 Å². The van der Waals surface area contributed by atoms with Crippen molar-refractivity contribution in [1.29, 1.82) is 0 Å². The van der Waals surface area contributed by atoms with Crippen molar-refractivity contribution < 1.29 is 18.6 Å². The Morgan fingerprint density at radius 3 is 2.47 bits per heavy atom. The van der Waals surface area contributed by atoms with E-state index in [0.717, 1.165) is 0 Å². The zero-order valence-corrected chi connectivity index (χ0v) is 11.1. The van der Waals surface area contributed by atoms with Gasteiger partial charge in [-0.2, -0.15) is 0 Å². The summed E-state index contributed by atoms with van der Waals surface area (Å²) < 4.78 is 23.3. The van der Waals surface area contributed by atoms with Gasteiger partial charge in [0.05, 0.1) is 24.2 Å². The lowest BCUT2D eigenvalue weighted by atomic mass is 10.2. The molecule has 1 atom stereocenters. The maximum Gasteiger partial charge on any atom is 0.157 e. The van der Waals surface area contributed by atoms with Crippen molar-refractivity contribution in [3.8, 4) is 0 Å². The van der Waals surface area contributed by atoms with Crippen molar-refractivity contribution in [2.45, 2.75) is 11.9 Å². The monoisotopic (exact) mass is 298 g/mol. The molecule has 0 aliphatic heterocycles. The molecule has 0 saturated heterocycles. The Bertz CT molecular complexity index is 487. The van der Waals surface area contributed by atoms with E-state index in [4.69, 9.17) is 33.4 Å². The third-order valence-corrected chi connectivity index (χ3v) is 4.28. The molecule has 0 saturated carbocycles. The van der Waals surface area contributed by atoms with Crippen LogP contribution in [0.1, 0.15) is 5.56 Å². The Balaban J connectivity index is 2.83. The normalized spacial score (nSPS) is 13.6. The molecule has 1 aromatic carbocycles. The molecule has 1 rings (SSSR count). The van der Waals surface area contributed by atoms with Gasteiger partial charge in [0, 0.05) is 10.0 Å². The molecule has 96 valence electrons. The lowest BCUT2D eigenvalue weighted by Gasteiger charge is -2.09. The number of rotatable bonds is 5. The van der Waals surface area contributed by atoms with Crippen LogP contribution >= 0.6 is 23.2 Å². The standard InChI is InChI=1S/C10H12Cl2O4S/c11-8-2-1-7(10(12)3-8)5-17(15,16)6-9(14)4-13/h1-3,9,13-14H,4-6H2. The van der Waals surface area contributed by atoms with E-state index in [2.05, 4.69) is 0 Å². The molecule has 1 aromatic rings. The summed E-state index contributed by atoms with van der Waals surface area (Å²) in [7, 11) is -3.52. The minimum absolute atomic E-state index is 0.263. The molecule has 0 heterocycles. The predicted molar refractivity (Wildman–Crippen MR) is 67.0 cm³/mol. The summed E-state index contributed by atoms with van der Waals surface area (Å²) in [6.07, 6.45) is -1.27. The average Bonchev–Trinajstić information content (AvgIpc) is 2.21. The number of hydrogen-bond donors (Lipinski definition) is 2. The van der Waals surface area contributed by atoms with Gasteiger partial charge in [-0.3, -0.25) is 0 Å². The smallest absolute Gasteiger partial charge is 0.157 e. The van der Waals surface area contributed by atoms with E-state index < -0.39 is 28.3 Å². The van der Waals surface area contributed by atoms with Crippen molar-refractivity contribution in [2.24, 2.45) is 0 Å². The Kier molecular flexibility index (Phi) is 5.22. The van der Waals surface area contributed by atoms with E-state index in [1.807, 2.05) is 0 Å². The Morgan fingerprint density at radius 2 is 1.94 bits per heavy atom. The second-order valence-corrected chi connectivity index (χ2v) is 6.58. The second-order valence-electron chi connectivity index (χ2n) is 3.63. The molecule has 17 heavy (non-hydrogen) atoms. The molecule has 4 nitrogen and oxygen atoms in total. The first-order valence-electron chi connectivity index (χ1n) is 4.77. The SMILES string of the molecule is O=S(=O)(Cc1ccc(Cl)cc1Cl)CC(O)CO. The molecule has 7 heteroatoms. The first-order valence-corrected chi connectivity index (χ1v) is 7.35. The van der Waals surface area contributed by atoms with Crippen LogP contribution in [0.25, 0.3) is 0 Å². The summed E-state index contributed by atoms with van der Waals surface area (Å²) in [5.41, 5.74) is 0.418. The topological polar surface area (TPSA) is 74.6 Å². The van der Waals surface area contributed by atoms with E-state index in [0.29, 0.717) is 10.6 Å². The molecule has 0 aliphatic rings. The number of aliphatic hydroxyl groups excluding tert-OH is 2. The summed E-state index contributed by atoms with van der Waals surface area (Å²) in [4.78, 5) is 0. The molecule has 2 N–H and O–H groups in total. The van der Waals surface area contributed by atoms with Crippen molar-refractivity contribution in [1.82, 2.24) is 0 Å². The summed E-state index contributed by atoms with van der Waals surface area (Å²) in [6.45, 7) is -0.590. The van der Waals surface area contributed by atoms with Crippen LogP contribution < -0.4 is 0 Å².